The minimum atomic E-state index is -0.121. The lowest BCUT2D eigenvalue weighted by atomic mass is 9.85. The van der Waals surface area contributed by atoms with Gasteiger partial charge in [-0.25, -0.2) is 4.98 Å². The van der Waals surface area contributed by atoms with Gasteiger partial charge in [-0.15, -0.1) is 0 Å². The summed E-state index contributed by atoms with van der Waals surface area (Å²) in [6.45, 7) is 0. The van der Waals surface area contributed by atoms with Gasteiger partial charge in [0.25, 0.3) is 0 Å². The SMILES string of the molecule is O=C1CC(c2ccco2)CC(O)=C1c1nc2ccccc2[nH]1. The van der Waals surface area contributed by atoms with Gasteiger partial charge in [0.15, 0.2) is 5.78 Å². The summed E-state index contributed by atoms with van der Waals surface area (Å²) in [5, 5.41) is 10.3. The molecule has 110 valence electrons. The zero-order chi connectivity index (χ0) is 15.1. The Morgan fingerprint density at radius 3 is 2.77 bits per heavy atom. The number of rotatable bonds is 2. The van der Waals surface area contributed by atoms with E-state index in [2.05, 4.69) is 9.97 Å². The van der Waals surface area contributed by atoms with Crippen LogP contribution < -0.4 is 0 Å². The molecule has 0 fully saturated rings. The summed E-state index contributed by atoms with van der Waals surface area (Å²) in [6.07, 6.45) is 2.27. The number of benzene rings is 1. The van der Waals surface area contributed by atoms with Crippen LogP contribution in [0.3, 0.4) is 0 Å². The van der Waals surface area contributed by atoms with E-state index in [-0.39, 0.29) is 17.5 Å². The summed E-state index contributed by atoms with van der Waals surface area (Å²) >= 11 is 0. The van der Waals surface area contributed by atoms with Gasteiger partial charge in [0, 0.05) is 18.8 Å². The molecule has 0 aliphatic heterocycles. The average molecular weight is 294 g/mol. The molecule has 3 aromatic rings. The summed E-state index contributed by atoms with van der Waals surface area (Å²) < 4.78 is 5.35. The Morgan fingerprint density at radius 2 is 2.05 bits per heavy atom. The Kier molecular flexibility index (Phi) is 2.85. The Labute approximate surface area is 126 Å². The fourth-order valence-electron chi connectivity index (χ4n) is 2.96. The smallest absolute Gasteiger partial charge is 0.170 e. The first-order valence-electron chi connectivity index (χ1n) is 7.16. The van der Waals surface area contributed by atoms with E-state index in [1.54, 1.807) is 12.3 Å². The van der Waals surface area contributed by atoms with Crippen LogP contribution in [0.4, 0.5) is 0 Å². The molecule has 1 aliphatic carbocycles. The number of furan rings is 1. The van der Waals surface area contributed by atoms with Gasteiger partial charge >= 0.3 is 0 Å². The molecule has 1 unspecified atom stereocenters. The summed E-state index contributed by atoms with van der Waals surface area (Å²) in [7, 11) is 0. The highest BCUT2D eigenvalue weighted by Gasteiger charge is 2.32. The number of ketones is 1. The number of para-hydroxylation sites is 2. The van der Waals surface area contributed by atoms with E-state index in [4.69, 9.17) is 4.42 Å². The van der Waals surface area contributed by atoms with Gasteiger partial charge in [-0.2, -0.15) is 0 Å². The molecular formula is C17H14N2O3. The van der Waals surface area contributed by atoms with Crippen LogP contribution in [0.2, 0.25) is 0 Å². The standard InChI is InChI=1S/C17H14N2O3/c20-13-8-10(15-6-3-7-22-15)9-14(21)16(13)17-18-11-4-1-2-5-12(11)19-17/h1-7,10,20H,8-9H2,(H,18,19). The number of Topliss-reactive ketones (excluding diaryl/α,β-unsaturated/α-hetero) is 1. The van der Waals surface area contributed by atoms with Gasteiger partial charge < -0.3 is 14.5 Å². The third-order valence-corrected chi connectivity index (χ3v) is 4.01. The van der Waals surface area contributed by atoms with Crippen molar-refractivity contribution in [1.29, 1.82) is 0 Å². The molecular weight excluding hydrogens is 280 g/mol. The first-order valence-corrected chi connectivity index (χ1v) is 7.16. The minimum absolute atomic E-state index is 0.0664. The van der Waals surface area contributed by atoms with Crippen LogP contribution in [-0.2, 0) is 4.79 Å². The monoisotopic (exact) mass is 294 g/mol. The van der Waals surface area contributed by atoms with E-state index < -0.39 is 0 Å². The van der Waals surface area contributed by atoms with E-state index >= 15 is 0 Å². The summed E-state index contributed by atoms with van der Waals surface area (Å²) in [6, 6.07) is 11.2. The molecule has 0 bridgehead atoms. The molecule has 1 aromatic carbocycles. The topological polar surface area (TPSA) is 79.1 Å². The third kappa shape index (κ3) is 2.02. The molecule has 4 rings (SSSR count). The lowest BCUT2D eigenvalue weighted by Gasteiger charge is -2.20. The molecule has 2 aromatic heterocycles. The molecule has 2 N–H and O–H groups in total. The molecule has 1 atom stereocenters. The van der Waals surface area contributed by atoms with Crippen molar-refractivity contribution < 1.29 is 14.3 Å². The van der Waals surface area contributed by atoms with Crippen molar-refractivity contribution in [2.45, 2.75) is 18.8 Å². The Bertz CT molecular complexity index is 841. The van der Waals surface area contributed by atoms with Crippen molar-refractivity contribution in [2.24, 2.45) is 0 Å². The number of H-pyrrole nitrogens is 1. The number of fused-ring (bicyclic) bond motifs is 1. The van der Waals surface area contributed by atoms with Crippen LogP contribution in [0.1, 0.15) is 30.3 Å². The van der Waals surface area contributed by atoms with Gasteiger partial charge in [0.2, 0.25) is 0 Å². The molecule has 1 aliphatic rings. The van der Waals surface area contributed by atoms with Gasteiger partial charge in [-0.05, 0) is 24.3 Å². The molecule has 0 spiro atoms. The second-order valence-corrected chi connectivity index (χ2v) is 5.47. The molecule has 5 nitrogen and oxygen atoms in total. The van der Waals surface area contributed by atoms with Crippen LogP contribution in [0.15, 0.2) is 52.8 Å². The van der Waals surface area contributed by atoms with E-state index in [1.807, 2.05) is 30.3 Å². The van der Waals surface area contributed by atoms with Crippen LogP contribution in [0.25, 0.3) is 16.6 Å². The summed E-state index contributed by atoms with van der Waals surface area (Å²) in [5.74, 6) is 0.988. The van der Waals surface area contributed by atoms with Crippen molar-refractivity contribution in [3.05, 3.63) is 60.0 Å². The zero-order valence-corrected chi connectivity index (χ0v) is 11.7. The average Bonchev–Trinajstić information content (AvgIpc) is 3.16. The largest absolute Gasteiger partial charge is 0.511 e. The zero-order valence-electron chi connectivity index (χ0n) is 11.7. The highest BCUT2D eigenvalue weighted by molar-refractivity contribution is 6.21. The van der Waals surface area contributed by atoms with Gasteiger partial charge in [-0.3, -0.25) is 4.79 Å². The third-order valence-electron chi connectivity index (χ3n) is 4.01. The molecule has 0 amide bonds. The second kappa shape index (κ2) is 4.87. The maximum Gasteiger partial charge on any atom is 0.170 e. The lowest BCUT2D eigenvalue weighted by molar-refractivity contribution is -0.114. The number of aliphatic hydroxyl groups excluding tert-OH is 1. The number of nitrogens with zero attached hydrogens (tertiary/aromatic N) is 1. The Hall–Kier alpha value is -2.82. The Morgan fingerprint density at radius 1 is 1.18 bits per heavy atom. The highest BCUT2D eigenvalue weighted by Crippen LogP contribution is 2.37. The fraction of sp³-hybridized carbons (Fsp3) is 0.176. The summed E-state index contributed by atoms with van der Waals surface area (Å²) in [4.78, 5) is 20.0. The Balaban J connectivity index is 1.74. The first-order chi connectivity index (χ1) is 10.7. The van der Waals surface area contributed by atoms with Crippen molar-refractivity contribution in [2.75, 3.05) is 0 Å². The van der Waals surface area contributed by atoms with Crippen molar-refractivity contribution in [3.8, 4) is 0 Å². The molecule has 22 heavy (non-hydrogen) atoms. The summed E-state index contributed by atoms with van der Waals surface area (Å²) in [5.41, 5.74) is 1.91. The van der Waals surface area contributed by atoms with Crippen LogP contribution in [-0.4, -0.2) is 20.9 Å². The van der Waals surface area contributed by atoms with Gasteiger partial charge in [0.05, 0.1) is 22.9 Å². The number of carbonyl (C=O) groups excluding carboxylic acids is 1. The van der Waals surface area contributed by atoms with E-state index in [0.29, 0.717) is 24.2 Å². The molecule has 0 saturated carbocycles. The predicted octanol–water partition coefficient (Wildman–Crippen LogP) is 3.57. The van der Waals surface area contributed by atoms with Crippen molar-refractivity contribution >= 4 is 22.4 Å². The molecule has 0 radical (unpaired) electrons. The number of allylic oxidation sites excluding steroid dienone is 2. The van der Waals surface area contributed by atoms with Crippen LogP contribution in [0, 0.1) is 0 Å². The van der Waals surface area contributed by atoms with Crippen LogP contribution >= 0.6 is 0 Å². The van der Waals surface area contributed by atoms with Gasteiger partial charge in [-0.1, -0.05) is 12.1 Å². The maximum absolute atomic E-state index is 12.5. The van der Waals surface area contributed by atoms with Gasteiger partial charge in [0.1, 0.15) is 17.3 Å². The van der Waals surface area contributed by atoms with Crippen LogP contribution in [0.5, 0.6) is 0 Å². The normalized spacial score (nSPS) is 19.1. The van der Waals surface area contributed by atoms with E-state index in [1.165, 1.54) is 0 Å². The maximum atomic E-state index is 12.5. The number of carbonyl (C=O) groups is 1. The number of hydrogen-bond acceptors (Lipinski definition) is 4. The fourth-order valence-corrected chi connectivity index (χ4v) is 2.96. The quantitative estimate of drug-likeness (QED) is 0.757. The molecule has 5 heteroatoms. The van der Waals surface area contributed by atoms with Crippen molar-refractivity contribution in [3.63, 3.8) is 0 Å². The number of hydrogen-bond donors (Lipinski definition) is 2. The number of aromatic amines is 1. The highest BCUT2D eigenvalue weighted by atomic mass is 16.3. The first kappa shape index (κ1) is 12.9. The minimum Gasteiger partial charge on any atom is -0.511 e. The van der Waals surface area contributed by atoms with E-state index in [0.717, 1.165) is 16.8 Å². The number of aromatic nitrogens is 2. The van der Waals surface area contributed by atoms with E-state index in [9.17, 15) is 9.90 Å². The predicted molar refractivity (Wildman–Crippen MR) is 81.3 cm³/mol. The number of imidazole rings is 1. The van der Waals surface area contributed by atoms with Crippen molar-refractivity contribution in [1.82, 2.24) is 9.97 Å². The molecule has 2 heterocycles. The second-order valence-electron chi connectivity index (χ2n) is 5.47. The number of nitrogens with one attached hydrogen (secondary N) is 1. The molecule has 0 saturated heterocycles. The number of aliphatic hydroxyl groups is 1. The lowest BCUT2D eigenvalue weighted by Crippen LogP contribution is -2.18.